The van der Waals surface area contributed by atoms with E-state index in [1.807, 2.05) is 0 Å². The quantitative estimate of drug-likeness (QED) is 0.598. The third-order valence-electron chi connectivity index (χ3n) is 4.80. The van der Waals surface area contributed by atoms with Gasteiger partial charge in [-0.15, -0.1) is 0 Å². The third kappa shape index (κ3) is 3.54. The van der Waals surface area contributed by atoms with Gasteiger partial charge in [-0.2, -0.15) is 28.4 Å². The third-order valence-corrected chi connectivity index (χ3v) is 4.80. The highest BCUT2D eigenvalue weighted by atomic mass is 19.4. The fourth-order valence-corrected chi connectivity index (χ4v) is 3.36. The van der Waals surface area contributed by atoms with Crippen LogP contribution in [0.15, 0.2) is 29.4 Å². The Bertz CT molecular complexity index is 1060. The van der Waals surface area contributed by atoms with Crippen LogP contribution in [0.2, 0.25) is 0 Å². The van der Waals surface area contributed by atoms with Gasteiger partial charge in [-0.1, -0.05) is 12.1 Å². The number of amides is 1. The van der Waals surface area contributed by atoms with Crippen LogP contribution in [-0.4, -0.2) is 48.3 Å². The normalized spacial score (nSPS) is 19.2. The lowest BCUT2D eigenvalue weighted by Gasteiger charge is -2.32. The zero-order valence-electron chi connectivity index (χ0n) is 16.3. The molecule has 0 radical (unpaired) electrons. The van der Waals surface area contributed by atoms with Crippen LogP contribution < -0.4 is 0 Å². The molecule has 0 saturated heterocycles. The average molecular weight is 425 g/mol. The van der Waals surface area contributed by atoms with Gasteiger partial charge in [0.15, 0.2) is 0 Å². The molecular weight excluding hydrogens is 407 g/mol. The minimum absolute atomic E-state index is 0.0331. The molecule has 0 fully saturated rings. The SMILES string of the molecule is CC1=NN(C(=O)c2cccc(Cn3nc(C)c([N+](=O)[O-])c3C)c2)[C@](O)(C(F)(F)F)C1. The summed E-state index contributed by atoms with van der Waals surface area (Å²) >= 11 is 0. The maximum Gasteiger partial charge on any atom is 0.438 e. The van der Waals surface area contributed by atoms with Crippen LogP contribution >= 0.6 is 0 Å². The van der Waals surface area contributed by atoms with Gasteiger partial charge in [0.2, 0.25) is 0 Å². The topological polar surface area (TPSA) is 114 Å². The number of rotatable bonds is 4. The molecule has 0 unspecified atom stereocenters. The number of aryl methyl sites for hydroxylation is 1. The molecule has 12 heteroatoms. The largest absolute Gasteiger partial charge is 0.438 e. The Balaban J connectivity index is 1.92. The molecule has 2 aromatic rings. The lowest BCUT2D eigenvalue weighted by atomic mass is 10.1. The number of nitrogens with zero attached hydrogens (tertiary/aromatic N) is 5. The van der Waals surface area contributed by atoms with Gasteiger partial charge in [0, 0.05) is 17.7 Å². The first kappa shape index (κ1) is 21.4. The van der Waals surface area contributed by atoms with Crippen LogP contribution in [0.3, 0.4) is 0 Å². The molecule has 1 aliphatic rings. The van der Waals surface area contributed by atoms with E-state index in [-0.39, 0.29) is 34.2 Å². The van der Waals surface area contributed by atoms with Gasteiger partial charge in [-0.05, 0) is 38.5 Å². The summed E-state index contributed by atoms with van der Waals surface area (Å²) < 4.78 is 41.5. The fraction of sp³-hybridized carbons (Fsp3) is 0.389. The van der Waals surface area contributed by atoms with Gasteiger partial charge in [0.1, 0.15) is 11.4 Å². The van der Waals surface area contributed by atoms with E-state index >= 15 is 0 Å². The molecule has 1 atom stereocenters. The Labute approximate surface area is 168 Å². The van der Waals surface area contributed by atoms with Gasteiger partial charge in [-0.25, -0.2) is 0 Å². The van der Waals surface area contributed by atoms with Crippen LogP contribution in [-0.2, 0) is 6.54 Å². The van der Waals surface area contributed by atoms with Crippen LogP contribution in [0, 0.1) is 24.0 Å². The van der Waals surface area contributed by atoms with E-state index in [2.05, 4.69) is 10.2 Å². The smallest absolute Gasteiger partial charge is 0.362 e. The zero-order chi connectivity index (χ0) is 22.4. The number of nitro groups is 1. The molecule has 0 spiro atoms. The standard InChI is InChI=1S/C18H18F3N5O4/c1-10-8-17(28,18(19,20)21)25(22-10)16(27)14-6-4-5-13(7-14)9-24-12(3)15(26(29)30)11(2)23-24/h4-7,28H,8-9H2,1-3H3/t17-/m1/s1. The summed E-state index contributed by atoms with van der Waals surface area (Å²) in [6.07, 6.45) is -5.93. The Morgan fingerprint density at radius 1 is 1.33 bits per heavy atom. The van der Waals surface area contributed by atoms with Crippen molar-refractivity contribution < 1.29 is 28.0 Å². The number of hydrogen-bond donors (Lipinski definition) is 1. The molecule has 9 nitrogen and oxygen atoms in total. The monoisotopic (exact) mass is 425 g/mol. The number of carbonyl (C=O) groups is 1. The maximum absolute atomic E-state index is 13.4. The molecule has 3 rings (SSSR count). The summed E-state index contributed by atoms with van der Waals surface area (Å²) in [6.45, 7) is 4.37. The van der Waals surface area contributed by atoms with Crippen molar-refractivity contribution in [3.63, 3.8) is 0 Å². The fourth-order valence-electron chi connectivity index (χ4n) is 3.36. The molecule has 1 aliphatic heterocycles. The predicted octanol–water partition coefficient (Wildman–Crippen LogP) is 2.93. The van der Waals surface area contributed by atoms with Gasteiger partial charge < -0.3 is 5.11 Å². The first-order valence-electron chi connectivity index (χ1n) is 8.80. The Morgan fingerprint density at radius 3 is 2.57 bits per heavy atom. The lowest BCUT2D eigenvalue weighted by molar-refractivity contribution is -0.386. The molecule has 160 valence electrons. The molecule has 1 amide bonds. The van der Waals surface area contributed by atoms with Crippen molar-refractivity contribution >= 4 is 17.3 Å². The van der Waals surface area contributed by atoms with Crippen molar-refractivity contribution in [3.05, 3.63) is 56.9 Å². The molecule has 30 heavy (non-hydrogen) atoms. The molecule has 0 aliphatic carbocycles. The van der Waals surface area contributed by atoms with Gasteiger partial charge >= 0.3 is 11.9 Å². The minimum atomic E-state index is -5.09. The second kappa shape index (κ2) is 7.20. The Hall–Kier alpha value is -3.28. The van der Waals surface area contributed by atoms with E-state index < -0.39 is 29.2 Å². The molecule has 1 aromatic heterocycles. The van der Waals surface area contributed by atoms with Gasteiger partial charge in [0.25, 0.3) is 11.6 Å². The summed E-state index contributed by atoms with van der Waals surface area (Å²) in [6, 6.07) is 5.70. The minimum Gasteiger partial charge on any atom is -0.362 e. The Morgan fingerprint density at radius 2 is 2.00 bits per heavy atom. The van der Waals surface area contributed by atoms with Crippen LogP contribution in [0.1, 0.15) is 40.7 Å². The summed E-state index contributed by atoms with van der Waals surface area (Å²) in [5.41, 5.74) is -2.68. The van der Waals surface area contributed by atoms with Crippen molar-refractivity contribution in [2.24, 2.45) is 5.10 Å². The van der Waals surface area contributed by atoms with Crippen molar-refractivity contribution in [3.8, 4) is 0 Å². The number of hydrazone groups is 1. The molecule has 0 saturated carbocycles. The molecule has 1 N–H and O–H groups in total. The second-order valence-electron chi connectivity index (χ2n) is 7.08. The predicted molar refractivity (Wildman–Crippen MR) is 98.8 cm³/mol. The van der Waals surface area contributed by atoms with Crippen LogP contribution in [0.5, 0.6) is 0 Å². The van der Waals surface area contributed by atoms with Crippen molar-refractivity contribution in [2.45, 2.75) is 45.6 Å². The molecular formula is C18H18F3N5O4. The molecule has 1 aromatic carbocycles. The van der Waals surface area contributed by atoms with Crippen molar-refractivity contribution in [2.75, 3.05) is 0 Å². The zero-order valence-corrected chi connectivity index (χ0v) is 16.3. The number of halogens is 3. The lowest BCUT2D eigenvalue weighted by Crippen LogP contribution is -2.56. The summed E-state index contributed by atoms with van der Waals surface area (Å²) in [5, 5.41) is 29.0. The summed E-state index contributed by atoms with van der Waals surface area (Å²) in [4.78, 5) is 23.3. The first-order valence-corrected chi connectivity index (χ1v) is 8.80. The average Bonchev–Trinajstić information content (AvgIpc) is 3.10. The van der Waals surface area contributed by atoms with Crippen molar-refractivity contribution in [1.82, 2.24) is 14.8 Å². The number of aromatic nitrogens is 2. The highest BCUT2D eigenvalue weighted by Crippen LogP contribution is 2.40. The highest BCUT2D eigenvalue weighted by molar-refractivity contribution is 5.98. The van der Waals surface area contributed by atoms with E-state index in [1.165, 1.54) is 43.7 Å². The van der Waals surface area contributed by atoms with Crippen LogP contribution in [0.4, 0.5) is 18.9 Å². The van der Waals surface area contributed by atoms with E-state index in [0.717, 1.165) is 0 Å². The van der Waals surface area contributed by atoms with Crippen LogP contribution in [0.25, 0.3) is 0 Å². The van der Waals surface area contributed by atoms with E-state index in [0.29, 0.717) is 11.3 Å². The number of aliphatic hydroxyl groups is 1. The number of benzene rings is 1. The number of carbonyl (C=O) groups excluding carboxylic acids is 1. The van der Waals surface area contributed by atoms with Gasteiger partial charge in [0.05, 0.1) is 11.5 Å². The number of alkyl halides is 3. The second-order valence-corrected chi connectivity index (χ2v) is 7.08. The summed E-state index contributed by atoms with van der Waals surface area (Å²) in [5.74, 6) is -1.12. The molecule has 0 bridgehead atoms. The van der Waals surface area contributed by atoms with Gasteiger partial charge in [-0.3, -0.25) is 19.6 Å². The van der Waals surface area contributed by atoms with E-state index in [9.17, 15) is 33.2 Å². The van der Waals surface area contributed by atoms with E-state index in [1.54, 1.807) is 6.07 Å². The molecule has 2 heterocycles. The first-order chi connectivity index (χ1) is 13.8. The van der Waals surface area contributed by atoms with Crippen molar-refractivity contribution in [1.29, 1.82) is 0 Å². The Kier molecular flexibility index (Phi) is 5.14. The number of hydrogen-bond acceptors (Lipinski definition) is 6. The highest BCUT2D eigenvalue weighted by Gasteiger charge is 2.62. The summed E-state index contributed by atoms with van der Waals surface area (Å²) in [7, 11) is 0. The maximum atomic E-state index is 13.4. The van der Waals surface area contributed by atoms with E-state index in [4.69, 9.17) is 0 Å².